The molecular formula is C71H92N10O18S. The van der Waals surface area contributed by atoms with Crippen LogP contribution < -0.4 is 38.6 Å². The van der Waals surface area contributed by atoms with Crippen molar-refractivity contribution < 1.29 is 85.0 Å². The summed E-state index contributed by atoms with van der Waals surface area (Å²) in [6.07, 6.45) is 8.01. The average Bonchev–Trinajstić information content (AvgIpc) is 1.59. The van der Waals surface area contributed by atoms with Crippen molar-refractivity contribution in [3.05, 3.63) is 106 Å². The number of hydrogen-bond acceptors (Lipinski definition) is 21. The van der Waals surface area contributed by atoms with Crippen molar-refractivity contribution in [2.75, 3.05) is 71.9 Å². The summed E-state index contributed by atoms with van der Waals surface area (Å²) < 4.78 is 76.9. The number of carbonyl (C=O) groups is 7. The number of nitrogens with zero attached hydrogens (tertiary/aromatic N) is 7. The largest absolute Gasteiger partial charge is 0.493 e. The molecule has 540 valence electrons. The number of unbranched alkanes of at least 4 members (excludes halogenated alkanes) is 2. The molecule has 0 spiro atoms. The molecule has 4 N–H and O–H groups in total. The first-order valence-corrected chi connectivity index (χ1v) is 35.7. The average molecular weight is 1410 g/mol. The Kier molecular flexibility index (Phi) is 24.5. The van der Waals surface area contributed by atoms with Gasteiger partial charge in [0, 0.05) is 62.1 Å². The Morgan fingerprint density at radius 3 is 2.09 bits per heavy atom. The number of aliphatic hydroxyl groups excluding tert-OH is 1. The first-order chi connectivity index (χ1) is 47.9. The maximum atomic E-state index is 14.3. The predicted molar refractivity (Wildman–Crippen MR) is 366 cm³/mol. The maximum Gasteiger partial charge on any atom is 0.421 e. The summed E-state index contributed by atoms with van der Waals surface area (Å²) in [5.41, 5.74) is 6.36. The summed E-state index contributed by atoms with van der Waals surface area (Å²) in [5, 5.41) is 23.4. The van der Waals surface area contributed by atoms with Crippen LogP contribution in [0, 0.1) is 29.6 Å². The molecule has 1 fully saturated rings. The van der Waals surface area contributed by atoms with Crippen LogP contribution in [0.2, 0.25) is 0 Å². The van der Waals surface area contributed by atoms with Crippen molar-refractivity contribution in [1.29, 1.82) is 0 Å². The van der Waals surface area contributed by atoms with Crippen molar-refractivity contribution >= 4 is 69.3 Å². The number of rotatable bonds is 33. The van der Waals surface area contributed by atoms with Gasteiger partial charge in [0.25, 0.3) is 11.8 Å². The van der Waals surface area contributed by atoms with Gasteiger partial charge in [-0.15, -0.1) is 5.10 Å². The van der Waals surface area contributed by atoms with Crippen LogP contribution in [-0.2, 0) is 69.4 Å². The van der Waals surface area contributed by atoms with Crippen LogP contribution in [0.1, 0.15) is 149 Å². The van der Waals surface area contributed by atoms with Crippen molar-refractivity contribution in [1.82, 2.24) is 39.6 Å². The molecule has 8 atom stereocenters. The van der Waals surface area contributed by atoms with Crippen LogP contribution in [0.3, 0.4) is 0 Å². The van der Waals surface area contributed by atoms with Crippen molar-refractivity contribution in [3.63, 3.8) is 0 Å². The van der Waals surface area contributed by atoms with E-state index in [2.05, 4.69) is 39.2 Å². The number of aliphatic imine (C=N–C) groups is 1. The van der Waals surface area contributed by atoms with Gasteiger partial charge in [-0.1, -0.05) is 54.5 Å². The molecule has 4 aromatic rings. The summed E-state index contributed by atoms with van der Waals surface area (Å²) in [4.78, 5) is 103. The molecule has 5 amide bonds. The number of hydrogen-bond donors (Lipinski definition) is 4. The first kappa shape index (κ1) is 73.9. The molecule has 100 heavy (non-hydrogen) atoms. The zero-order valence-electron chi connectivity index (χ0n) is 58.2. The second-order valence-electron chi connectivity index (χ2n) is 27.0. The lowest BCUT2D eigenvalue weighted by atomic mass is 9.89. The number of aliphatic hydroxyl groups is 1. The van der Waals surface area contributed by atoms with Gasteiger partial charge < -0.3 is 58.1 Å². The molecule has 10 rings (SSSR count). The summed E-state index contributed by atoms with van der Waals surface area (Å²) in [7, 11) is -1.26. The Bertz CT molecular complexity index is 3890. The Morgan fingerprint density at radius 2 is 1.39 bits per heavy atom. The topological polar surface area (TPSA) is 337 Å². The second kappa shape index (κ2) is 33.1. The lowest BCUT2D eigenvalue weighted by molar-refractivity contribution is -0.134. The molecular weight excluding hydrogens is 1310 g/mol. The summed E-state index contributed by atoms with van der Waals surface area (Å²) in [6, 6.07) is 11.5. The van der Waals surface area contributed by atoms with E-state index < -0.39 is 58.4 Å². The van der Waals surface area contributed by atoms with Gasteiger partial charge in [0.1, 0.15) is 13.2 Å². The van der Waals surface area contributed by atoms with Gasteiger partial charge in [-0.3, -0.25) is 29.0 Å². The van der Waals surface area contributed by atoms with E-state index in [1.54, 1.807) is 74.5 Å². The third kappa shape index (κ3) is 18.0. The van der Waals surface area contributed by atoms with E-state index >= 15 is 0 Å². The zero-order chi connectivity index (χ0) is 71.5. The molecule has 29 heteroatoms. The number of aryl methyl sites for hydroxylation is 1. The van der Waals surface area contributed by atoms with E-state index in [-0.39, 0.29) is 130 Å². The number of Topliss-reactive ketones (excluding diaryl/α,β-unsaturated/α-hetero) is 2. The van der Waals surface area contributed by atoms with Crippen LogP contribution in [0.5, 0.6) is 23.0 Å². The van der Waals surface area contributed by atoms with E-state index in [1.165, 1.54) is 31.3 Å². The molecule has 4 aliphatic heterocycles. The lowest BCUT2D eigenvalue weighted by Gasteiger charge is -2.31. The SMILES string of the molecule is COc1cc2c(cc1OCCCCCOc1cc3c(cc1OC)C(=O)N1C=C(C)C[C@H]1[C@H](O)N3C(=O)OCc1ccc(CC(=O)[C@H](C)NC(=O)[C@@H](CC(=O)COCCOCCNS(=O)(=O)NC(=O)OC[C@@H]3[C@@H]4CCc5c(nnn5C(C)C)CC[C@@H]43)C(C)C)cc1)N=C[C@@H]1CC(C)=CN1C2=O. The predicted octanol–water partition coefficient (Wildman–Crippen LogP) is 7.81. The molecule has 0 unspecified atom stereocenters. The van der Waals surface area contributed by atoms with Gasteiger partial charge in [-0.2, -0.15) is 13.1 Å². The van der Waals surface area contributed by atoms with Gasteiger partial charge in [0.05, 0.1) is 106 Å². The van der Waals surface area contributed by atoms with Gasteiger partial charge in [0.15, 0.2) is 40.8 Å². The van der Waals surface area contributed by atoms with Gasteiger partial charge in [-0.25, -0.2) is 23.9 Å². The van der Waals surface area contributed by atoms with Crippen LogP contribution >= 0.6 is 0 Å². The normalized spacial score (nSPS) is 20.4. The highest BCUT2D eigenvalue weighted by molar-refractivity contribution is 7.88. The highest BCUT2D eigenvalue weighted by atomic mass is 32.2. The monoisotopic (exact) mass is 1400 g/mol. The number of nitrogens with one attached hydrogen (secondary N) is 3. The molecule has 0 radical (unpaired) electrons. The molecule has 0 bridgehead atoms. The number of anilines is 1. The Hall–Kier alpha value is -8.77. The van der Waals surface area contributed by atoms with E-state index in [0.717, 1.165) is 59.5 Å². The first-order valence-electron chi connectivity index (χ1n) is 34.2. The molecule has 6 aliphatic rings. The number of fused-ring (bicyclic) bond motifs is 6. The minimum absolute atomic E-state index is 0.00633. The second-order valence-corrected chi connectivity index (χ2v) is 28.5. The van der Waals surface area contributed by atoms with Crippen LogP contribution in [0.15, 0.2) is 77.1 Å². The minimum Gasteiger partial charge on any atom is -0.493 e. The van der Waals surface area contributed by atoms with Crippen LogP contribution in [-0.4, -0.2) is 177 Å². The van der Waals surface area contributed by atoms with Crippen molar-refractivity contribution in [2.45, 2.75) is 156 Å². The number of carbonyl (C=O) groups excluding carboxylic acids is 7. The molecule has 0 saturated heterocycles. The summed E-state index contributed by atoms with van der Waals surface area (Å²) in [5.74, 6) is -0.441. The fourth-order valence-corrected chi connectivity index (χ4v) is 14.2. The number of ketones is 2. The minimum atomic E-state index is -4.22. The van der Waals surface area contributed by atoms with Crippen molar-refractivity contribution in [2.24, 2.45) is 34.6 Å². The highest BCUT2D eigenvalue weighted by Gasteiger charge is 2.51. The van der Waals surface area contributed by atoms with Crippen LogP contribution in [0.25, 0.3) is 0 Å². The number of aromatic nitrogens is 3. The fraction of sp³-hybridized carbons (Fsp3) is 0.549. The smallest absolute Gasteiger partial charge is 0.421 e. The summed E-state index contributed by atoms with van der Waals surface area (Å²) >= 11 is 0. The Morgan fingerprint density at radius 1 is 0.740 bits per heavy atom. The zero-order valence-corrected chi connectivity index (χ0v) is 59.0. The fourth-order valence-electron chi connectivity index (χ4n) is 13.5. The van der Waals surface area contributed by atoms with E-state index in [4.69, 9.17) is 37.9 Å². The standard InChI is InChI=1S/C71H92N10O18S/c1-41(2)52(30-49(82)39-95-26-25-94-24-21-73-100(90,91)76-70(88)98-40-55-50-17-19-56-58(20-18-51(50)55)81(42(3)4)77-75-56)66(84)74-45(7)61(83)29-46-13-15-47(16-14-46)38-99-71(89)80-59-34-65(63(93-9)32-54(59)68(86)79-37-44(6)28-60(79)69(80)87)97-23-12-10-11-22-96-64-33-57-53(31-62(64)92-8)67(85)78-36-43(5)27-48(78)35-72-57/h13-16,31-37,41-42,45,48,50-52,55,60,69,73,87H,10-12,17-30,38-40H2,1-9H3,(H,74,84)(H,76,88)/t45-,48-,50-,51+,52-,55-,60-,69-/m0/s1. The molecule has 2 aliphatic carbocycles. The third-order valence-electron chi connectivity index (χ3n) is 19.0. The molecule has 3 aromatic carbocycles. The molecule has 28 nitrogen and oxygen atoms in total. The summed E-state index contributed by atoms with van der Waals surface area (Å²) in [6.45, 7) is 13.1. The quantitative estimate of drug-likeness (QED) is 0.0330. The third-order valence-corrected chi connectivity index (χ3v) is 20.1. The van der Waals surface area contributed by atoms with Gasteiger partial charge in [0.2, 0.25) is 5.91 Å². The van der Waals surface area contributed by atoms with Crippen molar-refractivity contribution in [3.8, 4) is 23.0 Å². The van der Waals surface area contributed by atoms with E-state index in [1.807, 2.05) is 29.5 Å². The van der Waals surface area contributed by atoms with E-state index in [0.29, 0.717) is 78.0 Å². The number of benzene rings is 3. The number of methoxy groups -OCH3 is 2. The highest BCUT2D eigenvalue weighted by Crippen LogP contribution is 2.53. The van der Waals surface area contributed by atoms with Crippen LogP contribution in [0.4, 0.5) is 21.0 Å². The van der Waals surface area contributed by atoms with Gasteiger partial charge in [-0.05, 0) is 139 Å². The number of ether oxygens (including phenoxy) is 8. The lowest BCUT2D eigenvalue weighted by Crippen LogP contribution is -2.50. The maximum absolute atomic E-state index is 14.3. The number of amides is 5. The van der Waals surface area contributed by atoms with Gasteiger partial charge >= 0.3 is 22.4 Å². The molecule has 5 heterocycles. The Labute approximate surface area is 582 Å². The molecule has 1 saturated carbocycles. The van der Waals surface area contributed by atoms with E-state index in [9.17, 15) is 47.1 Å². The Balaban J connectivity index is 0.625. The molecule has 1 aromatic heterocycles.